The fourth-order valence-corrected chi connectivity index (χ4v) is 0.404. The molecule has 0 saturated carbocycles. The van der Waals surface area contributed by atoms with Crippen LogP contribution in [0.3, 0.4) is 0 Å². The maximum absolute atomic E-state index is 4.73. The molecule has 1 aliphatic rings. The number of epoxide rings is 1. The van der Waals surface area contributed by atoms with Gasteiger partial charge in [-0.1, -0.05) is 0 Å². The van der Waals surface area contributed by atoms with E-state index in [-0.39, 0.29) is 0 Å². The normalized spacial score (nSPS) is 21.8. The summed E-state index contributed by atoms with van der Waals surface area (Å²) in [6, 6.07) is 0. The van der Waals surface area contributed by atoms with E-state index in [1.807, 2.05) is 7.06 Å². The molecule has 1 aliphatic heterocycles. The number of ether oxygens (including phenoxy) is 1. The molecule has 4 heteroatoms. The van der Waals surface area contributed by atoms with Gasteiger partial charge in [0, 0.05) is 0 Å². The minimum absolute atomic E-state index is 0.807. The molecule has 0 spiro atoms. The Bertz CT molecular complexity index is 77.6. The van der Waals surface area contributed by atoms with Crippen LogP contribution in [0.25, 0.3) is 0 Å². The van der Waals surface area contributed by atoms with E-state index >= 15 is 0 Å². The quantitative estimate of drug-likeness (QED) is 0.264. The summed E-state index contributed by atoms with van der Waals surface area (Å²) in [6.07, 6.45) is 0. The molecular formula is C2H5BNOP. The summed E-state index contributed by atoms with van der Waals surface area (Å²) in [5, 5.41) is 0. The summed E-state index contributed by atoms with van der Waals surface area (Å²) in [7, 11) is 4.17. The summed E-state index contributed by atoms with van der Waals surface area (Å²) < 4.78 is 4.73. The van der Waals surface area contributed by atoms with Crippen molar-refractivity contribution in [2.24, 2.45) is 0 Å². The molecule has 1 rings (SSSR count). The van der Waals surface area contributed by atoms with Crippen LogP contribution in [0.4, 0.5) is 0 Å². The van der Waals surface area contributed by atoms with E-state index in [2.05, 4.69) is 14.4 Å². The second-order valence-electron chi connectivity index (χ2n) is 1.07. The van der Waals surface area contributed by atoms with Crippen LogP contribution in [-0.4, -0.2) is 19.3 Å². The Morgan fingerprint density at radius 1 is 2.00 bits per heavy atom. The zero-order chi connectivity index (χ0) is 4.41. The SMILES string of the molecule is PNB=C1CO1. The van der Waals surface area contributed by atoms with E-state index in [1.165, 1.54) is 0 Å². The van der Waals surface area contributed by atoms with Gasteiger partial charge in [0.25, 0.3) is 0 Å². The first kappa shape index (κ1) is 4.13. The van der Waals surface area contributed by atoms with Gasteiger partial charge in [-0.15, -0.1) is 0 Å². The van der Waals surface area contributed by atoms with Crippen molar-refractivity contribution in [2.45, 2.75) is 0 Å². The van der Waals surface area contributed by atoms with E-state index < -0.39 is 0 Å². The third-order valence-electron chi connectivity index (χ3n) is 0.555. The summed E-state index contributed by atoms with van der Waals surface area (Å²) in [5.41, 5.74) is 1.03. The van der Waals surface area contributed by atoms with E-state index in [1.54, 1.807) is 0 Å². The van der Waals surface area contributed by atoms with Crippen LogP contribution in [0.1, 0.15) is 0 Å². The standard InChI is InChI=1S/C2H5BNOP/c6-4-3-2-1-5-2/h4H,1,6H2. The molecule has 0 aliphatic carbocycles. The molecular weight excluding hydrogens is 95.8 g/mol. The molecule has 1 fully saturated rings. The van der Waals surface area contributed by atoms with Crippen molar-refractivity contribution in [3.8, 4) is 0 Å². The fourth-order valence-electron chi connectivity index (χ4n) is 0.218. The van der Waals surface area contributed by atoms with Gasteiger partial charge < -0.3 is 0 Å². The summed E-state index contributed by atoms with van der Waals surface area (Å²) in [6.45, 7) is 0.807. The van der Waals surface area contributed by atoms with E-state index in [4.69, 9.17) is 4.74 Å². The van der Waals surface area contributed by atoms with Gasteiger partial charge in [0.2, 0.25) is 0 Å². The first-order valence-corrected chi connectivity index (χ1v) is 2.29. The molecule has 0 aromatic carbocycles. The first-order chi connectivity index (χ1) is 2.93. The molecule has 0 aromatic heterocycles. The average molecular weight is 101 g/mol. The van der Waals surface area contributed by atoms with Crippen LogP contribution >= 0.6 is 9.39 Å². The predicted molar refractivity (Wildman–Crippen MR) is 29.6 cm³/mol. The third-order valence-corrected chi connectivity index (χ3v) is 0.722. The van der Waals surface area contributed by atoms with Gasteiger partial charge in [-0.05, 0) is 0 Å². The average Bonchev–Trinajstić information content (AvgIpc) is 2.21. The van der Waals surface area contributed by atoms with Crippen molar-refractivity contribution in [3.05, 3.63) is 0 Å². The zero-order valence-corrected chi connectivity index (χ0v) is 4.42. The molecule has 0 radical (unpaired) electrons. The minimum atomic E-state index is 0.807. The van der Waals surface area contributed by atoms with Crippen LogP contribution in [0.15, 0.2) is 0 Å². The van der Waals surface area contributed by atoms with Gasteiger partial charge in [0.05, 0.1) is 0 Å². The van der Waals surface area contributed by atoms with Crippen molar-refractivity contribution >= 4 is 22.1 Å². The summed E-state index contributed by atoms with van der Waals surface area (Å²) in [4.78, 5) is 2.76. The fraction of sp³-hybridized carbons (Fsp3) is 0.500. The van der Waals surface area contributed by atoms with Crippen molar-refractivity contribution < 1.29 is 4.74 Å². The van der Waals surface area contributed by atoms with Gasteiger partial charge in [0.1, 0.15) is 0 Å². The van der Waals surface area contributed by atoms with E-state index in [0.717, 1.165) is 12.3 Å². The summed E-state index contributed by atoms with van der Waals surface area (Å²) >= 11 is 0. The Morgan fingerprint density at radius 3 is 2.83 bits per heavy atom. The van der Waals surface area contributed by atoms with Gasteiger partial charge in [-0.2, -0.15) is 0 Å². The second-order valence-corrected chi connectivity index (χ2v) is 1.40. The molecule has 1 heterocycles. The Labute approximate surface area is 39.4 Å². The molecule has 0 amide bonds. The van der Waals surface area contributed by atoms with Gasteiger partial charge in [-0.25, -0.2) is 0 Å². The number of rotatable bonds is 1. The summed E-state index contributed by atoms with van der Waals surface area (Å²) in [5.74, 6) is 0. The Balaban J connectivity index is 2.24. The van der Waals surface area contributed by atoms with Crippen LogP contribution in [-0.2, 0) is 4.74 Å². The third kappa shape index (κ3) is 0.980. The van der Waals surface area contributed by atoms with Gasteiger partial charge >= 0.3 is 38.4 Å². The zero-order valence-electron chi connectivity index (χ0n) is 3.27. The van der Waals surface area contributed by atoms with Crippen molar-refractivity contribution in [1.29, 1.82) is 0 Å². The molecule has 1 saturated heterocycles. The maximum atomic E-state index is 4.73. The van der Waals surface area contributed by atoms with Crippen LogP contribution in [0, 0.1) is 0 Å². The Morgan fingerprint density at radius 2 is 2.67 bits per heavy atom. The molecule has 32 valence electrons. The number of hydrogen-bond acceptors (Lipinski definition) is 2. The predicted octanol–water partition coefficient (Wildman–Crippen LogP) is -0.855. The topological polar surface area (TPSA) is 24.6 Å². The molecule has 1 atom stereocenters. The van der Waals surface area contributed by atoms with E-state index in [9.17, 15) is 0 Å². The molecule has 2 nitrogen and oxygen atoms in total. The van der Waals surface area contributed by atoms with Crippen LogP contribution in [0.5, 0.6) is 0 Å². The molecule has 1 unspecified atom stereocenters. The van der Waals surface area contributed by atoms with E-state index in [0.29, 0.717) is 0 Å². The van der Waals surface area contributed by atoms with Gasteiger partial charge in [-0.3, -0.25) is 0 Å². The van der Waals surface area contributed by atoms with Crippen LogP contribution < -0.4 is 5.00 Å². The molecule has 6 heavy (non-hydrogen) atoms. The van der Waals surface area contributed by atoms with Crippen molar-refractivity contribution in [2.75, 3.05) is 6.61 Å². The Hall–Kier alpha value is -0.0351. The number of hydrogen-bond donors (Lipinski definition) is 1. The molecule has 0 bridgehead atoms. The molecule has 0 aromatic rings. The second kappa shape index (κ2) is 1.61. The first-order valence-electron chi connectivity index (χ1n) is 1.71. The molecule has 1 N–H and O–H groups in total. The van der Waals surface area contributed by atoms with Crippen molar-refractivity contribution in [3.63, 3.8) is 0 Å². The van der Waals surface area contributed by atoms with Crippen molar-refractivity contribution in [1.82, 2.24) is 5.00 Å². The monoisotopic (exact) mass is 101 g/mol. The van der Waals surface area contributed by atoms with Crippen LogP contribution in [0.2, 0.25) is 0 Å². The van der Waals surface area contributed by atoms with Gasteiger partial charge in [0.15, 0.2) is 0 Å². The Kier molecular flexibility index (Phi) is 1.11. The number of nitrogens with one attached hydrogen (secondary N) is 1.